The lowest BCUT2D eigenvalue weighted by Crippen LogP contribution is -2.35. The lowest BCUT2D eigenvalue weighted by atomic mass is 9.98. The van der Waals surface area contributed by atoms with E-state index >= 15 is 0 Å². The molecule has 0 N–H and O–H groups in total. The molecule has 1 aromatic rings. The molecule has 18 heavy (non-hydrogen) atoms. The maximum Gasteiger partial charge on any atom is 0.0564 e. The number of aromatic nitrogens is 1. The SMILES string of the molecule is Brc1cncc(N2CCN3CCCC(C3)C2)c1.C. The lowest BCUT2D eigenvalue weighted by Gasteiger charge is -2.29. The zero-order valence-electron chi connectivity index (χ0n) is 9.98. The minimum atomic E-state index is 0. The van der Waals surface area contributed by atoms with Crippen molar-refractivity contribution in [1.29, 1.82) is 0 Å². The van der Waals surface area contributed by atoms with Crippen LogP contribution in [0.15, 0.2) is 22.9 Å². The van der Waals surface area contributed by atoms with Crippen molar-refractivity contribution in [3.8, 4) is 0 Å². The normalized spacial score (nSPS) is 27.3. The summed E-state index contributed by atoms with van der Waals surface area (Å²) in [6, 6.07) is 2.18. The first kappa shape index (κ1) is 13.8. The molecular formula is C14H22BrN3. The highest BCUT2D eigenvalue weighted by atomic mass is 79.9. The first-order chi connectivity index (χ1) is 8.31. The Kier molecular flexibility index (Phi) is 4.62. The highest BCUT2D eigenvalue weighted by molar-refractivity contribution is 9.10. The summed E-state index contributed by atoms with van der Waals surface area (Å²) in [6.07, 6.45) is 6.59. The highest BCUT2D eigenvalue weighted by Crippen LogP contribution is 2.25. The number of hydrogen-bond donors (Lipinski definition) is 0. The third-order valence-electron chi connectivity index (χ3n) is 3.82. The zero-order valence-corrected chi connectivity index (χ0v) is 11.6. The third-order valence-corrected chi connectivity index (χ3v) is 4.26. The van der Waals surface area contributed by atoms with Crippen LogP contribution < -0.4 is 4.90 Å². The lowest BCUT2D eigenvalue weighted by molar-refractivity contribution is 0.201. The number of anilines is 1. The van der Waals surface area contributed by atoms with Crippen LogP contribution in [0.4, 0.5) is 5.69 Å². The predicted molar refractivity (Wildman–Crippen MR) is 80.0 cm³/mol. The van der Waals surface area contributed by atoms with E-state index in [1.807, 2.05) is 12.4 Å². The second-order valence-electron chi connectivity index (χ2n) is 5.12. The molecule has 0 aliphatic carbocycles. The van der Waals surface area contributed by atoms with Gasteiger partial charge in [-0.25, -0.2) is 0 Å². The molecule has 0 saturated carbocycles. The number of piperidine rings is 1. The minimum absolute atomic E-state index is 0. The van der Waals surface area contributed by atoms with Crippen LogP contribution in [0.3, 0.4) is 0 Å². The summed E-state index contributed by atoms with van der Waals surface area (Å²) < 4.78 is 1.07. The Labute approximate surface area is 118 Å². The predicted octanol–water partition coefficient (Wildman–Crippen LogP) is 3.01. The molecule has 2 saturated heterocycles. The van der Waals surface area contributed by atoms with E-state index in [1.165, 1.54) is 44.7 Å². The van der Waals surface area contributed by atoms with Gasteiger partial charge in [0.15, 0.2) is 0 Å². The second kappa shape index (κ2) is 6.02. The van der Waals surface area contributed by atoms with Crippen LogP contribution in [-0.2, 0) is 0 Å². The molecule has 3 heterocycles. The van der Waals surface area contributed by atoms with Crippen LogP contribution in [0.1, 0.15) is 20.3 Å². The van der Waals surface area contributed by atoms with Gasteiger partial charge in [-0.3, -0.25) is 4.98 Å². The first-order valence-corrected chi connectivity index (χ1v) is 7.18. The molecular weight excluding hydrogens is 290 g/mol. The van der Waals surface area contributed by atoms with E-state index in [0.29, 0.717) is 0 Å². The highest BCUT2D eigenvalue weighted by Gasteiger charge is 2.26. The Morgan fingerprint density at radius 1 is 1.17 bits per heavy atom. The van der Waals surface area contributed by atoms with Crippen LogP contribution in [0.2, 0.25) is 0 Å². The molecule has 0 spiro atoms. The molecule has 0 radical (unpaired) electrons. The fraction of sp³-hybridized carbons (Fsp3) is 0.643. The topological polar surface area (TPSA) is 19.4 Å². The van der Waals surface area contributed by atoms with Gasteiger partial charge in [-0.1, -0.05) is 7.43 Å². The van der Waals surface area contributed by atoms with E-state index in [0.717, 1.165) is 16.9 Å². The van der Waals surface area contributed by atoms with Crippen molar-refractivity contribution in [2.24, 2.45) is 5.92 Å². The van der Waals surface area contributed by atoms with Gasteiger partial charge in [0, 0.05) is 36.8 Å². The Bertz CT molecular complexity index is 396. The second-order valence-corrected chi connectivity index (χ2v) is 6.03. The van der Waals surface area contributed by atoms with Crippen LogP contribution in [-0.4, -0.2) is 42.6 Å². The Hall–Kier alpha value is -0.610. The molecule has 4 heteroatoms. The Morgan fingerprint density at radius 2 is 2.06 bits per heavy atom. The zero-order chi connectivity index (χ0) is 11.7. The Balaban J connectivity index is 0.00000120. The van der Waals surface area contributed by atoms with Gasteiger partial charge in [-0.15, -0.1) is 0 Å². The fourth-order valence-corrected chi connectivity index (χ4v) is 3.33. The van der Waals surface area contributed by atoms with Gasteiger partial charge in [-0.05, 0) is 47.3 Å². The van der Waals surface area contributed by atoms with E-state index < -0.39 is 0 Å². The maximum absolute atomic E-state index is 4.27. The summed E-state index contributed by atoms with van der Waals surface area (Å²) in [7, 11) is 0. The molecule has 2 unspecified atom stereocenters. The number of halogens is 1. The molecule has 1 aromatic heterocycles. The van der Waals surface area contributed by atoms with Crippen molar-refractivity contribution in [2.45, 2.75) is 20.3 Å². The van der Waals surface area contributed by atoms with E-state index in [1.54, 1.807) is 0 Å². The quantitative estimate of drug-likeness (QED) is 0.795. The standard InChI is InChI=1S/C13H18BrN3.CH4/c14-12-6-13(8-15-7-12)17-5-4-16-3-1-2-11(9-16)10-17;/h6-8,11H,1-5,9-10H2;1H4. The van der Waals surface area contributed by atoms with Gasteiger partial charge in [0.05, 0.1) is 11.9 Å². The van der Waals surface area contributed by atoms with Crippen molar-refractivity contribution < 1.29 is 0 Å². The molecule has 3 rings (SSSR count). The van der Waals surface area contributed by atoms with Crippen molar-refractivity contribution in [1.82, 2.24) is 9.88 Å². The summed E-state index contributed by atoms with van der Waals surface area (Å²) in [4.78, 5) is 9.38. The molecule has 2 aliphatic rings. The van der Waals surface area contributed by atoms with Gasteiger partial charge in [0.2, 0.25) is 0 Å². The van der Waals surface area contributed by atoms with Crippen molar-refractivity contribution in [2.75, 3.05) is 37.6 Å². The van der Waals surface area contributed by atoms with Crippen LogP contribution >= 0.6 is 15.9 Å². The summed E-state index contributed by atoms with van der Waals surface area (Å²) in [5.74, 6) is 0.838. The molecule has 0 amide bonds. The van der Waals surface area contributed by atoms with Gasteiger partial charge >= 0.3 is 0 Å². The molecule has 2 bridgehead atoms. The van der Waals surface area contributed by atoms with Gasteiger partial charge < -0.3 is 9.80 Å². The first-order valence-electron chi connectivity index (χ1n) is 6.39. The van der Waals surface area contributed by atoms with Crippen LogP contribution in [0.5, 0.6) is 0 Å². The molecule has 2 fully saturated rings. The van der Waals surface area contributed by atoms with Gasteiger partial charge in [0.25, 0.3) is 0 Å². The smallest absolute Gasteiger partial charge is 0.0564 e. The average Bonchev–Trinajstić information content (AvgIpc) is 2.48. The number of nitrogens with zero attached hydrogens (tertiary/aromatic N) is 3. The maximum atomic E-state index is 4.27. The van der Waals surface area contributed by atoms with Gasteiger partial charge in [-0.2, -0.15) is 0 Å². The van der Waals surface area contributed by atoms with E-state index in [-0.39, 0.29) is 7.43 Å². The van der Waals surface area contributed by atoms with Gasteiger partial charge in [0.1, 0.15) is 0 Å². The molecule has 100 valence electrons. The monoisotopic (exact) mass is 311 g/mol. The van der Waals surface area contributed by atoms with E-state index in [4.69, 9.17) is 0 Å². The number of fused-ring (bicyclic) bond motifs is 2. The van der Waals surface area contributed by atoms with Crippen LogP contribution in [0.25, 0.3) is 0 Å². The number of pyridine rings is 1. The van der Waals surface area contributed by atoms with Crippen LogP contribution in [0, 0.1) is 5.92 Å². The summed E-state index contributed by atoms with van der Waals surface area (Å²) in [5.41, 5.74) is 1.26. The molecule has 0 aromatic carbocycles. The third kappa shape index (κ3) is 3.04. The molecule has 2 aliphatic heterocycles. The molecule has 2 atom stereocenters. The Morgan fingerprint density at radius 3 is 2.89 bits per heavy atom. The van der Waals surface area contributed by atoms with E-state index in [9.17, 15) is 0 Å². The minimum Gasteiger partial charge on any atom is -0.369 e. The summed E-state index contributed by atoms with van der Waals surface area (Å²) in [6.45, 7) is 6.10. The summed E-state index contributed by atoms with van der Waals surface area (Å²) >= 11 is 3.51. The van der Waals surface area contributed by atoms with E-state index in [2.05, 4.69) is 36.8 Å². The number of hydrogen-bond acceptors (Lipinski definition) is 3. The average molecular weight is 312 g/mol. The largest absolute Gasteiger partial charge is 0.369 e. The fourth-order valence-electron chi connectivity index (χ4n) is 2.98. The molecule has 3 nitrogen and oxygen atoms in total. The number of rotatable bonds is 1. The van der Waals surface area contributed by atoms with Crippen molar-refractivity contribution >= 4 is 21.6 Å². The van der Waals surface area contributed by atoms with Crippen molar-refractivity contribution in [3.05, 3.63) is 22.9 Å². The summed E-state index contributed by atoms with van der Waals surface area (Å²) in [5, 5.41) is 0. The van der Waals surface area contributed by atoms with Crippen molar-refractivity contribution in [3.63, 3.8) is 0 Å².